The summed E-state index contributed by atoms with van der Waals surface area (Å²) in [5.74, 6) is 0.956. The Bertz CT molecular complexity index is 738. The Labute approximate surface area is 130 Å². The highest BCUT2D eigenvalue weighted by Gasteiger charge is 2.38. The molecule has 0 amide bonds. The maximum atomic E-state index is 4.97. The molecule has 2 saturated heterocycles. The van der Waals surface area contributed by atoms with Gasteiger partial charge in [-0.05, 0) is 62.3 Å². The molecule has 1 N–H and O–H groups in total. The summed E-state index contributed by atoms with van der Waals surface area (Å²) in [6, 6.07) is 5.80. The lowest BCUT2D eigenvalue weighted by molar-refractivity contribution is 0.477. The third-order valence-corrected chi connectivity index (χ3v) is 5.70. The molecule has 1 aliphatic carbocycles. The Morgan fingerprint density at radius 1 is 1.05 bits per heavy atom. The molecule has 0 unspecified atom stereocenters. The molecule has 0 saturated carbocycles. The van der Waals surface area contributed by atoms with Crippen molar-refractivity contribution in [3.05, 3.63) is 29.0 Å². The summed E-state index contributed by atoms with van der Waals surface area (Å²) in [6.07, 6.45) is 6.24. The molecule has 2 atom stereocenters. The van der Waals surface area contributed by atoms with E-state index < -0.39 is 0 Å². The first kappa shape index (κ1) is 12.8. The second-order valence-corrected chi connectivity index (χ2v) is 7.05. The van der Waals surface area contributed by atoms with E-state index in [1.54, 1.807) is 0 Å². The summed E-state index contributed by atoms with van der Waals surface area (Å²) < 4.78 is 0. The van der Waals surface area contributed by atoms with Crippen LogP contribution in [-0.2, 0) is 12.8 Å². The fourth-order valence-corrected chi connectivity index (χ4v) is 4.56. The van der Waals surface area contributed by atoms with Gasteiger partial charge in [-0.3, -0.25) is 0 Å². The zero-order chi connectivity index (χ0) is 14.7. The van der Waals surface area contributed by atoms with Crippen molar-refractivity contribution in [2.24, 2.45) is 0 Å². The average Bonchev–Trinajstić information content (AvgIpc) is 3.07. The topological polar surface area (TPSA) is 41.1 Å². The maximum Gasteiger partial charge on any atom is 0.226 e. The van der Waals surface area contributed by atoms with Crippen LogP contribution in [0.3, 0.4) is 0 Å². The quantitative estimate of drug-likeness (QED) is 0.876. The van der Waals surface area contributed by atoms with Crippen molar-refractivity contribution >= 4 is 16.9 Å². The van der Waals surface area contributed by atoms with Gasteiger partial charge in [-0.25, -0.2) is 9.97 Å². The number of anilines is 1. The van der Waals surface area contributed by atoms with Gasteiger partial charge in [-0.15, -0.1) is 0 Å². The van der Waals surface area contributed by atoms with E-state index in [0.29, 0.717) is 12.1 Å². The molecule has 3 aliphatic rings. The number of hydrogen-bond donors (Lipinski definition) is 1. The van der Waals surface area contributed by atoms with Gasteiger partial charge in [-0.1, -0.05) is 0 Å². The van der Waals surface area contributed by atoms with Crippen molar-refractivity contribution in [1.29, 1.82) is 0 Å². The van der Waals surface area contributed by atoms with Crippen LogP contribution >= 0.6 is 0 Å². The highest BCUT2D eigenvalue weighted by Crippen LogP contribution is 2.33. The fraction of sp³-hybridized carbons (Fsp3) is 0.556. The molecule has 3 heterocycles. The van der Waals surface area contributed by atoms with E-state index in [4.69, 9.17) is 9.97 Å². The first-order chi connectivity index (χ1) is 10.8. The van der Waals surface area contributed by atoms with Gasteiger partial charge in [0.15, 0.2) is 0 Å². The molecule has 1 aromatic carbocycles. The minimum atomic E-state index is 0.574. The van der Waals surface area contributed by atoms with Crippen molar-refractivity contribution in [1.82, 2.24) is 15.3 Å². The first-order valence-electron chi connectivity index (χ1n) is 8.59. The molecular formula is C18H22N4. The van der Waals surface area contributed by atoms with Crippen LogP contribution in [0.2, 0.25) is 0 Å². The highest BCUT2D eigenvalue weighted by atomic mass is 15.3. The van der Waals surface area contributed by atoms with E-state index >= 15 is 0 Å². The zero-order valence-electron chi connectivity index (χ0n) is 13.1. The third kappa shape index (κ3) is 1.80. The number of hydrogen-bond acceptors (Lipinski definition) is 4. The summed E-state index contributed by atoms with van der Waals surface area (Å²) in [4.78, 5) is 12.3. The van der Waals surface area contributed by atoms with Gasteiger partial charge >= 0.3 is 0 Å². The van der Waals surface area contributed by atoms with Crippen LogP contribution in [0.4, 0.5) is 5.95 Å². The Kier molecular flexibility index (Phi) is 2.71. The monoisotopic (exact) mass is 294 g/mol. The Morgan fingerprint density at radius 3 is 2.55 bits per heavy atom. The Hall–Kier alpha value is -1.68. The van der Waals surface area contributed by atoms with Crippen LogP contribution in [0.5, 0.6) is 0 Å². The van der Waals surface area contributed by atoms with Crippen molar-refractivity contribution in [2.45, 2.75) is 51.1 Å². The SMILES string of the molecule is Cc1nc(N2[C@@H]3CC[C@H]2CNC3)nc2cc3c(cc12)CCC3. The van der Waals surface area contributed by atoms with Crippen molar-refractivity contribution in [2.75, 3.05) is 18.0 Å². The van der Waals surface area contributed by atoms with E-state index in [0.717, 1.165) is 30.2 Å². The molecule has 0 radical (unpaired) electrons. The summed E-state index contributed by atoms with van der Waals surface area (Å²) >= 11 is 0. The molecule has 114 valence electrons. The predicted octanol–water partition coefficient (Wildman–Crippen LogP) is 2.37. The maximum absolute atomic E-state index is 4.97. The van der Waals surface area contributed by atoms with Crippen molar-refractivity contribution in [3.8, 4) is 0 Å². The molecule has 4 nitrogen and oxygen atoms in total. The number of rotatable bonds is 1. The summed E-state index contributed by atoms with van der Waals surface area (Å²) in [5.41, 5.74) is 5.28. The van der Waals surface area contributed by atoms with Gasteiger partial charge in [0.2, 0.25) is 5.95 Å². The minimum absolute atomic E-state index is 0.574. The molecule has 2 aliphatic heterocycles. The van der Waals surface area contributed by atoms with Crippen LogP contribution in [0, 0.1) is 6.92 Å². The standard InChI is InChI=1S/C18H22N4/c1-11-16-7-12-3-2-4-13(12)8-17(16)21-18(20-11)22-14-5-6-15(22)10-19-9-14/h7-8,14-15,19H,2-6,9-10H2,1H3/t14-,15+. The van der Waals surface area contributed by atoms with Gasteiger partial charge in [0.1, 0.15) is 0 Å². The highest BCUT2D eigenvalue weighted by molar-refractivity contribution is 5.84. The molecule has 2 aromatic rings. The molecule has 1 aromatic heterocycles. The Balaban J connectivity index is 1.65. The van der Waals surface area contributed by atoms with Crippen LogP contribution < -0.4 is 10.2 Å². The minimum Gasteiger partial charge on any atom is -0.332 e. The predicted molar refractivity (Wildman–Crippen MR) is 88.5 cm³/mol. The van der Waals surface area contributed by atoms with Crippen LogP contribution in [0.25, 0.3) is 10.9 Å². The van der Waals surface area contributed by atoms with Gasteiger partial charge in [0.25, 0.3) is 0 Å². The zero-order valence-corrected chi connectivity index (χ0v) is 13.1. The summed E-state index contributed by atoms with van der Waals surface area (Å²) in [6.45, 7) is 4.28. The first-order valence-corrected chi connectivity index (χ1v) is 8.59. The molecule has 0 spiro atoms. The molecule has 2 fully saturated rings. The van der Waals surface area contributed by atoms with Crippen LogP contribution in [0.1, 0.15) is 36.1 Å². The van der Waals surface area contributed by atoms with Gasteiger partial charge < -0.3 is 10.2 Å². The van der Waals surface area contributed by atoms with Gasteiger partial charge in [-0.2, -0.15) is 0 Å². The average molecular weight is 294 g/mol. The van der Waals surface area contributed by atoms with E-state index in [1.807, 2.05) is 0 Å². The number of nitrogens with one attached hydrogen (secondary N) is 1. The smallest absolute Gasteiger partial charge is 0.226 e. The number of aryl methyl sites for hydroxylation is 3. The largest absolute Gasteiger partial charge is 0.332 e. The molecular weight excluding hydrogens is 272 g/mol. The molecule has 22 heavy (non-hydrogen) atoms. The van der Waals surface area contributed by atoms with E-state index in [1.165, 1.54) is 48.6 Å². The summed E-state index contributed by atoms with van der Waals surface area (Å²) in [7, 11) is 0. The van der Waals surface area contributed by atoms with Crippen molar-refractivity contribution in [3.63, 3.8) is 0 Å². The van der Waals surface area contributed by atoms with Gasteiger partial charge in [0, 0.05) is 30.6 Å². The normalized spacial score (nSPS) is 26.7. The lowest BCUT2D eigenvalue weighted by atomic mass is 10.1. The van der Waals surface area contributed by atoms with Gasteiger partial charge in [0.05, 0.1) is 11.2 Å². The second kappa shape index (κ2) is 4.66. The lowest BCUT2D eigenvalue weighted by Gasteiger charge is -2.35. The van der Waals surface area contributed by atoms with E-state index in [9.17, 15) is 0 Å². The second-order valence-electron chi connectivity index (χ2n) is 7.05. The number of nitrogens with zero attached hydrogens (tertiary/aromatic N) is 3. The Morgan fingerprint density at radius 2 is 1.77 bits per heavy atom. The summed E-state index contributed by atoms with van der Waals surface area (Å²) in [5, 5.41) is 4.78. The van der Waals surface area contributed by atoms with Crippen molar-refractivity contribution < 1.29 is 0 Å². The molecule has 5 rings (SSSR count). The third-order valence-electron chi connectivity index (χ3n) is 5.70. The van der Waals surface area contributed by atoms with Crippen LogP contribution in [0.15, 0.2) is 12.1 Å². The van der Waals surface area contributed by atoms with E-state index in [-0.39, 0.29) is 0 Å². The number of aromatic nitrogens is 2. The fourth-order valence-electron chi connectivity index (χ4n) is 4.56. The van der Waals surface area contributed by atoms with Crippen LogP contribution in [-0.4, -0.2) is 35.1 Å². The van der Waals surface area contributed by atoms with E-state index in [2.05, 4.69) is 29.3 Å². The molecule has 2 bridgehead atoms. The number of piperazine rings is 1. The lowest BCUT2D eigenvalue weighted by Crippen LogP contribution is -2.52. The molecule has 4 heteroatoms. The number of benzene rings is 1. The number of fused-ring (bicyclic) bond motifs is 4.